The smallest absolute Gasteiger partial charge is 0.407 e. The molecule has 1 heterocycles. The predicted octanol–water partition coefficient (Wildman–Crippen LogP) is 0.901. The Hall–Kier alpha value is -0.770. The number of aliphatic hydroxyl groups is 1. The fourth-order valence-corrected chi connectivity index (χ4v) is 1.70. The maximum absolute atomic E-state index is 10.7. The summed E-state index contributed by atoms with van der Waals surface area (Å²) in [7, 11) is 0. The molecule has 12 heavy (non-hydrogen) atoms. The van der Waals surface area contributed by atoms with Gasteiger partial charge < -0.3 is 15.1 Å². The minimum absolute atomic E-state index is 0.0428. The normalized spacial score (nSPS) is 24.1. The van der Waals surface area contributed by atoms with E-state index in [0.717, 1.165) is 19.3 Å². The Balaban J connectivity index is 2.48. The molecule has 1 saturated heterocycles. The van der Waals surface area contributed by atoms with Crippen molar-refractivity contribution in [3.8, 4) is 0 Å². The minimum atomic E-state index is -0.854. The number of piperidine rings is 1. The van der Waals surface area contributed by atoms with Crippen molar-refractivity contribution in [2.24, 2.45) is 0 Å². The van der Waals surface area contributed by atoms with Gasteiger partial charge in [0.1, 0.15) is 0 Å². The van der Waals surface area contributed by atoms with Crippen LogP contribution in [0.25, 0.3) is 0 Å². The maximum Gasteiger partial charge on any atom is 0.407 e. The third-order valence-electron chi connectivity index (χ3n) is 2.34. The molecule has 1 atom stereocenters. The number of rotatable bonds is 2. The summed E-state index contributed by atoms with van der Waals surface area (Å²) in [5.74, 6) is 0. The van der Waals surface area contributed by atoms with Crippen LogP contribution in [-0.4, -0.2) is 40.4 Å². The van der Waals surface area contributed by atoms with E-state index >= 15 is 0 Å². The molecule has 1 aliphatic heterocycles. The Bertz CT molecular complexity index is 158. The predicted molar refractivity (Wildman–Crippen MR) is 44.1 cm³/mol. The molecule has 1 aliphatic rings. The SMILES string of the molecule is O=C(O)N1CCCC[C@@H]1CCO. The average molecular weight is 173 g/mol. The van der Waals surface area contributed by atoms with Crippen LogP contribution in [0.4, 0.5) is 4.79 Å². The molecule has 0 aromatic carbocycles. The van der Waals surface area contributed by atoms with E-state index in [1.807, 2.05) is 0 Å². The molecule has 4 heteroatoms. The average Bonchev–Trinajstić information content (AvgIpc) is 2.05. The zero-order chi connectivity index (χ0) is 8.97. The molecule has 0 aromatic rings. The highest BCUT2D eigenvalue weighted by atomic mass is 16.4. The Morgan fingerprint density at radius 1 is 1.50 bits per heavy atom. The lowest BCUT2D eigenvalue weighted by Gasteiger charge is -2.33. The molecule has 0 aromatic heterocycles. The van der Waals surface area contributed by atoms with Gasteiger partial charge in [0.05, 0.1) is 0 Å². The summed E-state index contributed by atoms with van der Waals surface area (Å²) >= 11 is 0. The number of aliphatic hydroxyl groups excluding tert-OH is 1. The first kappa shape index (κ1) is 9.32. The molecule has 0 radical (unpaired) electrons. The second-order valence-electron chi connectivity index (χ2n) is 3.14. The third-order valence-corrected chi connectivity index (χ3v) is 2.34. The van der Waals surface area contributed by atoms with E-state index in [1.165, 1.54) is 4.90 Å². The fraction of sp³-hybridized carbons (Fsp3) is 0.875. The van der Waals surface area contributed by atoms with E-state index in [9.17, 15) is 4.79 Å². The van der Waals surface area contributed by atoms with Crippen molar-refractivity contribution in [3.05, 3.63) is 0 Å². The largest absolute Gasteiger partial charge is 0.465 e. The number of hydrogen-bond donors (Lipinski definition) is 2. The van der Waals surface area contributed by atoms with Gasteiger partial charge in [0.15, 0.2) is 0 Å². The van der Waals surface area contributed by atoms with Crippen molar-refractivity contribution < 1.29 is 15.0 Å². The van der Waals surface area contributed by atoms with Gasteiger partial charge in [-0.2, -0.15) is 0 Å². The highest BCUT2D eigenvalue weighted by Crippen LogP contribution is 2.19. The van der Waals surface area contributed by atoms with Crippen LogP contribution in [0.2, 0.25) is 0 Å². The van der Waals surface area contributed by atoms with Gasteiger partial charge in [0.25, 0.3) is 0 Å². The topological polar surface area (TPSA) is 60.8 Å². The first-order chi connectivity index (χ1) is 5.75. The van der Waals surface area contributed by atoms with Crippen molar-refractivity contribution in [3.63, 3.8) is 0 Å². The van der Waals surface area contributed by atoms with Gasteiger partial charge >= 0.3 is 6.09 Å². The molecule has 2 N–H and O–H groups in total. The van der Waals surface area contributed by atoms with Gasteiger partial charge in [-0.15, -0.1) is 0 Å². The van der Waals surface area contributed by atoms with Gasteiger partial charge in [0, 0.05) is 19.2 Å². The molecule has 4 nitrogen and oxygen atoms in total. The Labute approximate surface area is 71.8 Å². The number of carbonyl (C=O) groups is 1. The summed E-state index contributed by atoms with van der Waals surface area (Å²) in [6, 6.07) is 0.0428. The maximum atomic E-state index is 10.7. The molecule has 1 amide bonds. The standard InChI is InChI=1S/C8H15NO3/c10-6-4-7-3-1-2-5-9(7)8(11)12/h7,10H,1-6H2,(H,11,12)/t7-/m1/s1. The van der Waals surface area contributed by atoms with Gasteiger partial charge in [-0.05, 0) is 25.7 Å². The number of likely N-dealkylation sites (tertiary alicyclic amines) is 1. The van der Waals surface area contributed by atoms with Gasteiger partial charge in [-0.25, -0.2) is 4.79 Å². The fourth-order valence-electron chi connectivity index (χ4n) is 1.70. The summed E-state index contributed by atoms with van der Waals surface area (Å²) in [6.45, 7) is 0.703. The van der Waals surface area contributed by atoms with E-state index < -0.39 is 6.09 Å². The van der Waals surface area contributed by atoms with Crippen LogP contribution in [0.3, 0.4) is 0 Å². The van der Waals surface area contributed by atoms with E-state index in [-0.39, 0.29) is 12.6 Å². The van der Waals surface area contributed by atoms with Crippen LogP contribution in [-0.2, 0) is 0 Å². The number of amides is 1. The second-order valence-corrected chi connectivity index (χ2v) is 3.14. The van der Waals surface area contributed by atoms with Crippen LogP contribution in [0.1, 0.15) is 25.7 Å². The van der Waals surface area contributed by atoms with E-state index in [1.54, 1.807) is 0 Å². The lowest BCUT2D eigenvalue weighted by Crippen LogP contribution is -2.43. The summed E-state index contributed by atoms with van der Waals surface area (Å²) in [5, 5.41) is 17.5. The monoisotopic (exact) mass is 173 g/mol. The molecule has 0 spiro atoms. The lowest BCUT2D eigenvalue weighted by atomic mass is 10.0. The molecule has 0 bridgehead atoms. The van der Waals surface area contributed by atoms with Gasteiger partial charge in [0.2, 0.25) is 0 Å². The molecule has 0 saturated carbocycles. The Morgan fingerprint density at radius 3 is 2.83 bits per heavy atom. The van der Waals surface area contributed by atoms with Crippen LogP contribution in [0, 0.1) is 0 Å². The zero-order valence-corrected chi connectivity index (χ0v) is 7.07. The number of hydrogen-bond acceptors (Lipinski definition) is 2. The third kappa shape index (κ3) is 2.11. The molecular weight excluding hydrogens is 158 g/mol. The number of carboxylic acid groups (broad SMARTS) is 1. The Kier molecular flexibility index (Phi) is 3.34. The van der Waals surface area contributed by atoms with Crippen molar-refractivity contribution in [1.29, 1.82) is 0 Å². The van der Waals surface area contributed by atoms with E-state index in [2.05, 4.69) is 0 Å². The summed E-state index contributed by atoms with van der Waals surface area (Å²) in [5.41, 5.74) is 0. The van der Waals surface area contributed by atoms with Crippen molar-refractivity contribution >= 4 is 6.09 Å². The van der Waals surface area contributed by atoms with Gasteiger partial charge in [-0.1, -0.05) is 0 Å². The van der Waals surface area contributed by atoms with Crippen molar-refractivity contribution in [2.75, 3.05) is 13.2 Å². The summed E-state index contributed by atoms with van der Waals surface area (Å²) in [4.78, 5) is 12.1. The van der Waals surface area contributed by atoms with Crippen LogP contribution < -0.4 is 0 Å². The molecule has 70 valence electrons. The van der Waals surface area contributed by atoms with Crippen molar-refractivity contribution in [2.45, 2.75) is 31.7 Å². The first-order valence-corrected chi connectivity index (χ1v) is 4.36. The summed E-state index contributed by atoms with van der Waals surface area (Å²) < 4.78 is 0. The quantitative estimate of drug-likeness (QED) is 0.652. The van der Waals surface area contributed by atoms with E-state index in [4.69, 9.17) is 10.2 Å². The minimum Gasteiger partial charge on any atom is -0.465 e. The van der Waals surface area contributed by atoms with Crippen molar-refractivity contribution in [1.82, 2.24) is 4.90 Å². The lowest BCUT2D eigenvalue weighted by molar-refractivity contribution is 0.0949. The number of nitrogens with zero attached hydrogens (tertiary/aromatic N) is 1. The van der Waals surface area contributed by atoms with Crippen LogP contribution in [0.5, 0.6) is 0 Å². The first-order valence-electron chi connectivity index (χ1n) is 4.36. The van der Waals surface area contributed by atoms with Gasteiger partial charge in [-0.3, -0.25) is 0 Å². The molecule has 1 fully saturated rings. The molecular formula is C8H15NO3. The second kappa shape index (κ2) is 4.30. The van der Waals surface area contributed by atoms with Crippen LogP contribution >= 0.6 is 0 Å². The molecule has 0 aliphatic carbocycles. The molecule has 0 unspecified atom stereocenters. The van der Waals surface area contributed by atoms with Crippen LogP contribution in [0.15, 0.2) is 0 Å². The summed E-state index contributed by atoms with van der Waals surface area (Å²) in [6.07, 6.45) is 2.65. The zero-order valence-electron chi connectivity index (χ0n) is 7.07. The molecule has 1 rings (SSSR count). The Morgan fingerprint density at radius 2 is 2.25 bits per heavy atom. The highest BCUT2D eigenvalue weighted by molar-refractivity contribution is 5.65. The highest BCUT2D eigenvalue weighted by Gasteiger charge is 2.25. The van der Waals surface area contributed by atoms with E-state index in [0.29, 0.717) is 13.0 Å².